The third kappa shape index (κ3) is 5.35. The van der Waals surface area contributed by atoms with Crippen LogP contribution in [0.5, 0.6) is 0 Å². The van der Waals surface area contributed by atoms with Gasteiger partial charge < -0.3 is 9.73 Å². The van der Waals surface area contributed by atoms with E-state index in [9.17, 15) is 9.59 Å². The van der Waals surface area contributed by atoms with Gasteiger partial charge in [0.1, 0.15) is 10.1 Å². The lowest BCUT2D eigenvalue weighted by atomic mass is 10.1. The molecule has 23 heavy (non-hydrogen) atoms. The van der Waals surface area contributed by atoms with Gasteiger partial charge in [0.05, 0.1) is 18.1 Å². The molecule has 1 aromatic heterocycles. The van der Waals surface area contributed by atoms with Gasteiger partial charge in [0.15, 0.2) is 0 Å². The Morgan fingerprint density at radius 2 is 2.26 bits per heavy atom. The van der Waals surface area contributed by atoms with Crippen LogP contribution in [0.25, 0.3) is 0 Å². The summed E-state index contributed by atoms with van der Waals surface area (Å²) in [6.07, 6.45) is 5.48. The molecule has 1 saturated heterocycles. The highest BCUT2D eigenvalue weighted by Crippen LogP contribution is 2.29. The van der Waals surface area contributed by atoms with Crippen molar-refractivity contribution >= 4 is 40.1 Å². The molecule has 0 saturated carbocycles. The number of carbonyl (C=O) groups excluding carboxylic acids is 2. The van der Waals surface area contributed by atoms with Crippen LogP contribution >= 0.6 is 24.0 Å². The third-order valence-electron chi connectivity index (χ3n) is 3.70. The average molecular weight is 354 g/mol. The van der Waals surface area contributed by atoms with Crippen LogP contribution in [-0.4, -0.2) is 32.8 Å². The van der Waals surface area contributed by atoms with Gasteiger partial charge in [-0.25, -0.2) is 0 Å². The Morgan fingerprint density at radius 1 is 1.43 bits per heavy atom. The Morgan fingerprint density at radius 3 is 2.91 bits per heavy atom. The van der Waals surface area contributed by atoms with E-state index in [-0.39, 0.29) is 17.1 Å². The molecule has 2 heterocycles. The van der Waals surface area contributed by atoms with Crippen molar-refractivity contribution in [2.45, 2.75) is 50.8 Å². The van der Waals surface area contributed by atoms with Crippen molar-refractivity contribution in [3.63, 3.8) is 0 Å². The number of thiocarbonyl (C=S) groups is 1. The average Bonchev–Trinajstić information content (AvgIpc) is 3.14. The molecule has 1 fully saturated rings. The molecule has 0 aliphatic carbocycles. The molecule has 0 spiro atoms. The second-order valence-electron chi connectivity index (χ2n) is 5.44. The summed E-state index contributed by atoms with van der Waals surface area (Å²) >= 11 is 6.74. The minimum absolute atomic E-state index is 0.00474. The minimum Gasteiger partial charge on any atom is -0.467 e. The lowest BCUT2D eigenvalue weighted by molar-refractivity contribution is -0.126. The monoisotopic (exact) mass is 354 g/mol. The van der Waals surface area contributed by atoms with E-state index in [4.69, 9.17) is 16.6 Å². The highest BCUT2D eigenvalue weighted by Gasteiger charge is 2.34. The topological polar surface area (TPSA) is 62.6 Å². The molecule has 5 nitrogen and oxygen atoms in total. The van der Waals surface area contributed by atoms with Gasteiger partial charge in [-0.2, -0.15) is 0 Å². The fourth-order valence-corrected chi connectivity index (χ4v) is 3.85. The second kappa shape index (κ2) is 9.08. The number of amides is 2. The van der Waals surface area contributed by atoms with E-state index >= 15 is 0 Å². The standard InChI is InChI=1S/C16H22N2O3S2/c1-2-13-15(20)18(16(22)23-13)9-5-3-4-8-14(19)17-11-12-7-6-10-21-12/h6-7,10,13H,2-5,8-9,11H2,1H3,(H,17,19). The van der Waals surface area contributed by atoms with Crippen LogP contribution in [0, 0.1) is 0 Å². The van der Waals surface area contributed by atoms with Gasteiger partial charge in [-0.1, -0.05) is 37.3 Å². The first kappa shape index (κ1) is 18.0. The fraction of sp³-hybridized carbons (Fsp3) is 0.562. The van der Waals surface area contributed by atoms with Crippen LogP contribution in [0.15, 0.2) is 22.8 Å². The van der Waals surface area contributed by atoms with E-state index < -0.39 is 0 Å². The Labute approximate surface area is 146 Å². The smallest absolute Gasteiger partial charge is 0.241 e. The largest absolute Gasteiger partial charge is 0.467 e. The number of carbonyl (C=O) groups is 2. The van der Waals surface area contributed by atoms with Gasteiger partial charge in [-0.15, -0.1) is 0 Å². The van der Waals surface area contributed by atoms with E-state index in [1.165, 1.54) is 11.8 Å². The van der Waals surface area contributed by atoms with E-state index in [2.05, 4.69) is 5.32 Å². The summed E-state index contributed by atoms with van der Waals surface area (Å²) in [5.74, 6) is 0.914. The van der Waals surface area contributed by atoms with Crippen molar-refractivity contribution in [2.24, 2.45) is 0 Å². The van der Waals surface area contributed by atoms with Crippen molar-refractivity contribution < 1.29 is 14.0 Å². The first-order chi connectivity index (χ1) is 11.1. The Kier molecular flexibility index (Phi) is 7.11. The number of hydrogen-bond donors (Lipinski definition) is 1. The zero-order valence-electron chi connectivity index (χ0n) is 13.2. The zero-order valence-corrected chi connectivity index (χ0v) is 14.9. The normalized spacial score (nSPS) is 17.8. The first-order valence-corrected chi connectivity index (χ1v) is 9.21. The molecule has 1 aromatic rings. The molecule has 0 bridgehead atoms. The van der Waals surface area contributed by atoms with E-state index in [1.807, 2.05) is 13.0 Å². The van der Waals surface area contributed by atoms with Crippen molar-refractivity contribution in [3.05, 3.63) is 24.2 Å². The minimum atomic E-state index is -0.00474. The number of rotatable bonds is 9. The van der Waals surface area contributed by atoms with Crippen molar-refractivity contribution in [3.8, 4) is 0 Å². The number of unbranched alkanes of at least 4 members (excludes halogenated alkanes) is 2. The van der Waals surface area contributed by atoms with Gasteiger partial charge in [0.25, 0.3) is 0 Å². The van der Waals surface area contributed by atoms with Crippen LogP contribution in [0.3, 0.4) is 0 Å². The maximum atomic E-state index is 12.1. The second-order valence-corrected chi connectivity index (χ2v) is 7.27. The summed E-state index contributed by atoms with van der Waals surface area (Å²) in [7, 11) is 0. The van der Waals surface area contributed by atoms with Crippen molar-refractivity contribution in [2.75, 3.05) is 6.54 Å². The lowest BCUT2D eigenvalue weighted by Gasteiger charge is -2.15. The van der Waals surface area contributed by atoms with Gasteiger partial charge in [-0.3, -0.25) is 14.5 Å². The van der Waals surface area contributed by atoms with Gasteiger partial charge in [0.2, 0.25) is 11.8 Å². The third-order valence-corrected chi connectivity index (χ3v) is 5.45. The molecule has 0 aromatic carbocycles. The highest BCUT2D eigenvalue weighted by molar-refractivity contribution is 8.24. The van der Waals surface area contributed by atoms with E-state index in [0.717, 1.165) is 31.4 Å². The number of nitrogens with one attached hydrogen (secondary N) is 1. The summed E-state index contributed by atoms with van der Waals surface area (Å²) < 4.78 is 5.85. The van der Waals surface area contributed by atoms with Crippen LogP contribution in [0.1, 0.15) is 44.8 Å². The molecule has 2 rings (SSSR count). The number of thioether (sulfide) groups is 1. The highest BCUT2D eigenvalue weighted by atomic mass is 32.2. The van der Waals surface area contributed by atoms with E-state index in [1.54, 1.807) is 17.2 Å². The van der Waals surface area contributed by atoms with Crippen molar-refractivity contribution in [1.82, 2.24) is 10.2 Å². The van der Waals surface area contributed by atoms with Crippen LogP contribution in [0.2, 0.25) is 0 Å². The molecule has 7 heteroatoms. The summed E-state index contributed by atoms with van der Waals surface area (Å²) in [5, 5.41) is 2.82. The molecule has 1 unspecified atom stereocenters. The molecule has 2 amide bonds. The SMILES string of the molecule is CCC1SC(=S)N(CCCCCC(=O)NCc2ccco2)C1=O. The lowest BCUT2D eigenvalue weighted by Crippen LogP contribution is -2.32. The number of nitrogens with zero attached hydrogens (tertiary/aromatic N) is 1. The predicted octanol–water partition coefficient (Wildman–Crippen LogP) is 3.10. The predicted molar refractivity (Wildman–Crippen MR) is 95.0 cm³/mol. The summed E-state index contributed by atoms with van der Waals surface area (Å²) in [4.78, 5) is 25.5. The summed E-state index contributed by atoms with van der Waals surface area (Å²) in [6, 6.07) is 3.63. The van der Waals surface area contributed by atoms with E-state index in [0.29, 0.717) is 23.8 Å². The first-order valence-electron chi connectivity index (χ1n) is 7.93. The number of hydrogen-bond acceptors (Lipinski definition) is 5. The quantitative estimate of drug-likeness (QED) is 0.545. The Balaban J connectivity index is 1.56. The molecule has 1 aliphatic heterocycles. The maximum Gasteiger partial charge on any atom is 0.241 e. The molecular formula is C16H22N2O3S2. The fourth-order valence-electron chi connectivity index (χ4n) is 2.38. The van der Waals surface area contributed by atoms with Crippen molar-refractivity contribution in [1.29, 1.82) is 0 Å². The maximum absolute atomic E-state index is 12.1. The van der Waals surface area contributed by atoms with Gasteiger partial charge in [0, 0.05) is 13.0 Å². The Hall–Kier alpha value is -1.34. The van der Waals surface area contributed by atoms with Gasteiger partial charge in [-0.05, 0) is 31.4 Å². The summed E-state index contributed by atoms with van der Waals surface area (Å²) in [5.41, 5.74) is 0. The number of furan rings is 1. The molecule has 0 radical (unpaired) electrons. The molecule has 1 N–H and O–H groups in total. The van der Waals surface area contributed by atoms with Crippen LogP contribution < -0.4 is 5.32 Å². The van der Waals surface area contributed by atoms with Crippen LogP contribution in [0.4, 0.5) is 0 Å². The molecular weight excluding hydrogens is 332 g/mol. The molecule has 1 aliphatic rings. The summed E-state index contributed by atoms with van der Waals surface area (Å²) in [6.45, 7) is 3.09. The Bertz CT molecular complexity index is 546. The molecule has 1 atom stereocenters. The zero-order chi connectivity index (χ0) is 16.7. The molecule has 126 valence electrons. The van der Waals surface area contributed by atoms with Gasteiger partial charge >= 0.3 is 0 Å². The van der Waals surface area contributed by atoms with Crippen LogP contribution in [-0.2, 0) is 16.1 Å².